The molecule has 0 spiro atoms. The Bertz CT molecular complexity index is 541. The van der Waals surface area contributed by atoms with Crippen LogP contribution in [0, 0.1) is 0 Å². The molecule has 0 aliphatic carbocycles. The maximum absolute atomic E-state index is 11.7. The van der Waals surface area contributed by atoms with E-state index in [9.17, 15) is 4.79 Å². The van der Waals surface area contributed by atoms with E-state index in [0.717, 1.165) is 6.42 Å². The number of hydrogen-bond acceptors (Lipinski definition) is 4. The van der Waals surface area contributed by atoms with Crippen molar-refractivity contribution in [3.05, 3.63) is 28.6 Å². The van der Waals surface area contributed by atoms with Crippen LogP contribution in [0.5, 0.6) is 0 Å². The van der Waals surface area contributed by atoms with Crippen molar-refractivity contribution in [2.24, 2.45) is 12.8 Å². The number of nitrogens with two attached hydrogens (primary N) is 1. The molecule has 0 amide bonds. The molecule has 0 saturated carbocycles. The van der Waals surface area contributed by atoms with Gasteiger partial charge < -0.3 is 10.3 Å². The minimum Gasteiger partial charge on any atom is -0.321 e. The third kappa shape index (κ3) is 1.42. The van der Waals surface area contributed by atoms with E-state index in [1.165, 1.54) is 4.57 Å². The van der Waals surface area contributed by atoms with Crippen molar-refractivity contribution in [3.8, 4) is 0 Å². The number of rotatable bonds is 2. The average molecular weight is 207 g/mol. The Kier molecular flexibility index (Phi) is 2.28. The first kappa shape index (κ1) is 9.85. The van der Waals surface area contributed by atoms with E-state index < -0.39 is 0 Å². The van der Waals surface area contributed by atoms with Gasteiger partial charge >= 0.3 is 0 Å². The van der Waals surface area contributed by atoms with Gasteiger partial charge in [-0.15, -0.1) is 10.2 Å². The van der Waals surface area contributed by atoms with Crippen LogP contribution in [-0.2, 0) is 7.05 Å². The molecular weight excluding hydrogens is 194 g/mol. The highest BCUT2D eigenvalue weighted by Crippen LogP contribution is 2.10. The van der Waals surface area contributed by atoms with E-state index in [1.54, 1.807) is 23.8 Å². The summed E-state index contributed by atoms with van der Waals surface area (Å²) in [5.74, 6) is 0.630. The summed E-state index contributed by atoms with van der Waals surface area (Å²) in [7, 11) is 1.68. The minimum absolute atomic E-state index is 0.167. The molecule has 0 saturated heterocycles. The standard InChI is InChI=1S/C9H13N5O/c1-3-6(10)7-11-12-8-9(15)13(2)4-5-14(7)8/h4-6H,3,10H2,1-2H3. The summed E-state index contributed by atoms with van der Waals surface area (Å²) in [5, 5.41) is 7.79. The van der Waals surface area contributed by atoms with Crippen LogP contribution < -0.4 is 11.3 Å². The second kappa shape index (κ2) is 3.47. The monoisotopic (exact) mass is 207 g/mol. The second-order valence-electron chi connectivity index (χ2n) is 3.48. The van der Waals surface area contributed by atoms with E-state index in [0.29, 0.717) is 11.5 Å². The highest BCUT2D eigenvalue weighted by Gasteiger charge is 2.13. The summed E-state index contributed by atoms with van der Waals surface area (Å²) in [6.07, 6.45) is 4.18. The molecule has 2 heterocycles. The average Bonchev–Trinajstić information content (AvgIpc) is 2.66. The van der Waals surface area contributed by atoms with Gasteiger partial charge in [-0.3, -0.25) is 9.20 Å². The highest BCUT2D eigenvalue weighted by atomic mass is 16.1. The molecule has 2 N–H and O–H groups in total. The molecule has 2 aromatic rings. The van der Waals surface area contributed by atoms with E-state index in [2.05, 4.69) is 10.2 Å². The van der Waals surface area contributed by atoms with Crippen molar-refractivity contribution in [2.45, 2.75) is 19.4 Å². The molecule has 6 heteroatoms. The fourth-order valence-electron chi connectivity index (χ4n) is 1.42. The Labute approximate surface area is 86.3 Å². The lowest BCUT2D eigenvalue weighted by Crippen LogP contribution is -2.20. The van der Waals surface area contributed by atoms with Crippen molar-refractivity contribution in [1.82, 2.24) is 19.2 Å². The number of nitrogens with zero attached hydrogens (tertiary/aromatic N) is 4. The SMILES string of the molecule is CCC(N)c1nnc2c(=O)n(C)ccn12. The third-order valence-electron chi connectivity index (χ3n) is 2.44. The molecule has 6 nitrogen and oxygen atoms in total. The van der Waals surface area contributed by atoms with Gasteiger partial charge in [0.2, 0.25) is 5.65 Å². The third-order valence-corrected chi connectivity index (χ3v) is 2.44. The second-order valence-corrected chi connectivity index (χ2v) is 3.48. The molecule has 1 atom stereocenters. The zero-order valence-corrected chi connectivity index (χ0v) is 8.71. The Morgan fingerprint density at radius 2 is 2.20 bits per heavy atom. The summed E-state index contributed by atoms with van der Waals surface area (Å²) in [6.45, 7) is 1.97. The zero-order chi connectivity index (χ0) is 11.0. The Hall–Kier alpha value is -1.69. The quantitative estimate of drug-likeness (QED) is 0.742. The van der Waals surface area contributed by atoms with Crippen molar-refractivity contribution < 1.29 is 0 Å². The van der Waals surface area contributed by atoms with Crippen LogP contribution in [-0.4, -0.2) is 19.2 Å². The largest absolute Gasteiger partial charge is 0.321 e. The van der Waals surface area contributed by atoms with Crippen molar-refractivity contribution in [3.63, 3.8) is 0 Å². The number of hydrogen-bond donors (Lipinski definition) is 1. The van der Waals surface area contributed by atoms with Crippen LogP contribution in [0.25, 0.3) is 5.65 Å². The number of aromatic nitrogens is 4. The molecule has 1 unspecified atom stereocenters. The van der Waals surface area contributed by atoms with Gasteiger partial charge in [-0.2, -0.15) is 0 Å². The van der Waals surface area contributed by atoms with E-state index in [4.69, 9.17) is 5.73 Å². The predicted octanol–water partition coefficient (Wildman–Crippen LogP) is -0.162. The molecule has 2 aromatic heterocycles. The summed E-state index contributed by atoms with van der Waals surface area (Å²) in [4.78, 5) is 11.7. The van der Waals surface area contributed by atoms with Gasteiger partial charge in [-0.05, 0) is 6.42 Å². The molecule has 2 rings (SSSR count). The Morgan fingerprint density at radius 3 is 2.87 bits per heavy atom. The maximum Gasteiger partial charge on any atom is 0.295 e. The molecule has 0 fully saturated rings. The maximum atomic E-state index is 11.7. The smallest absolute Gasteiger partial charge is 0.295 e. The summed E-state index contributed by atoms with van der Waals surface area (Å²) >= 11 is 0. The van der Waals surface area contributed by atoms with Crippen LogP contribution in [0.4, 0.5) is 0 Å². The van der Waals surface area contributed by atoms with Gasteiger partial charge in [0.15, 0.2) is 5.82 Å². The molecule has 0 aromatic carbocycles. The summed E-state index contributed by atoms with van der Waals surface area (Å²) in [5.41, 5.74) is 6.01. The fraction of sp³-hybridized carbons (Fsp3) is 0.444. The van der Waals surface area contributed by atoms with Crippen LogP contribution in [0.3, 0.4) is 0 Å². The van der Waals surface area contributed by atoms with Crippen LogP contribution in [0.15, 0.2) is 17.2 Å². The van der Waals surface area contributed by atoms with Gasteiger partial charge in [0.1, 0.15) is 0 Å². The lowest BCUT2D eigenvalue weighted by molar-refractivity contribution is 0.639. The van der Waals surface area contributed by atoms with Gasteiger partial charge in [-0.1, -0.05) is 6.92 Å². The number of fused-ring (bicyclic) bond motifs is 1. The lowest BCUT2D eigenvalue weighted by atomic mass is 10.2. The van der Waals surface area contributed by atoms with Crippen molar-refractivity contribution in [1.29, 1.82) is 0 Å². The molecule has 0 aliphatic rings. The van der Waals surface area contributed by atoms with Gasteiger partial charge in [-0.25, -0.2) is 0 Å². The van der Waals surface area contributed by atoms with Crippen LogP contribution in [0.1, 0.15) is 25.2 Å². The molecule has 0 bridgehead atoms. The van der Waals surface area contributed by atoms with E-state index in [1.807, 2.05) is 6.92 Å². The highest BCUT2D eigenvalue weighted by molar-refractivity contribution is 5.35. The Balaban J connectivity index is 2.72. The van der Waals surface area contributed by atoms with Gasteiger partial charge in [0, 0.05) is 19.4 Å². The molecule has 0 radical (unpaired) electrons. The fourth-order valence-corrected chi connectivity index (χ4v) is 1.42. The van der Waals surface area contributed by atoms with Crippen molar-refractivity contribution >= 4 is 5.65 Å². The van der Waals surface area contributed by atoms with Crippen molar-refractivity contribution in [2.75, 3.05) is 0 Å². The first-order valence-electron chi connectivity index (χ1n) is 4.81. The topological polar surface area (TPSA) is 78.2 Å². The molecular formula is C9H13N5O. The first-order valence-corrected chi connectivity index (χ1v) is 4.81. The lowest BCUT2D eigenvalue weighted by Gasteiger charge is -2.06. The normalized spacial score (nSPS) is 13.3. The Morgan fingerprint density at radius 1 is 1.47 bits per heavy atom. The zero-order valence-electron chi connectivity index (χ0n) is 8.71. The van der Waals surface area contributed by atoms with Crippen LogP contribution in [0.2, 0.25) is 0 Å². The minimum atomic E-state index is -0.188. The molecule has 80 valence electrons. The molecule has 15 heavy (non-hydrogen) atoms. The summed E-state index contributed by atoms with van der Waals surface area (Å²) < 4.78 is 3.11. The van der Waals surface area contributed by atoms with Crippen LogP contribution >= 0.6 is 0 Å². The first-order chi connectivity index (χ1) is 7.15. The van der Waals surface area contributed by atoms with Gasteiger partial charge in [0.25, 0.3) is 5.56 Å². The van der Waals surface area contributed by atoms with E-state index >= 15 is 0 Å². The predicted molar refractivity (Wildman–Crippen MR) is 55.4 cm³/mol. The van der Waals surface area contributed by atoms with E-state index in [-0.39, 0.29) is 11.6 Å². The summed E-state index contributed by atoms with van der Waals surface area (Å²) in [6, 6.07) is -0.188. The molecule has 0 aliphatic heterocycles. The van der Waals surface area contributed by atoms with Gasteiger partial charge in [0.05, 0.1) is 6.04 Å². The number of aryl methyl sites for hydroxylation is 1.